The maximum Gasteiger partial charge on any atom is 0.239 e. The summed E-state index contributed by atoms with van der Waals surface area (Å²) in [5.74, 6) is -0.696. The zero-order chi connectivity index (χ0) is 21.7. The molecule has 1 spiro atoms. The number of nitrogens with zero attached hydrogens (tertiary/aromatic N) is 1. The van der Waals surface area contributed by atoms with Crippen molar-refractivity contribution < 1.29 is 9.59 Å². The molecule has 2 aliphatic rings. The second kappa shape index (κ2) is 7.16. The molecular weight excluding hydrogens is 421 g/mol. The monoisotopic (exact) mass is 439 g/mol. The topological polar surface area (TPSA) is 82.0 Å². The number of anilines is 1. The third-order valence-corrected chi connectivity index (χ3v) is 6.69. The number of nitrogens with one attached hydrogen (secondary N) is 2. The number of hydrogen-bond acceptors (Lipinski definition) is 3. The second-order valence-corrected chi connectivity index (χ2v) is 8.54. The minimum Gasteiger partial charge on any atom is -0.348 e. The summed E-state index contributed by atoms with van der Waals surface area (Å²) < 4.78 is 0. The van der Waals surface area contributed by atoms with Gasteiger partial charge < -0.3 is 10.6 Å². The third-order valence-electron chi connectivity index (χ3n) is 6.22. The van der Waals surface area contributed by atoms with Crippen molar-refractivity contribution in [3.05, 3.63) is 75.8 Å². The van der Waals surface area contributed by atoms with Crippen molar-refractivity contribution in [1.29, 1.82) is 5.26 Å². The molecule has 2 aromatic rings. The summed E-state index contributed by atoms with van der Waals surface area (Å²) in [5.41, 5.74) is -0.612. The lowest BCUT2D eigenvalue weighted by Crippen LogP contribution is -2.69. The lowest BCUT2D eigenvalue weighted by molar-refractivity contribution is -0.132. The molecule has 0 saturated carbocycles. The molecule has 2 aliphatic heterocycles. The minimum absolute atomic E-state index is 0.188. The molecule has 0 radical (unpaired) electrons. The van der Waals surface area contributed by atoms with Crippen LogP contribution < -0.4 is 10.6 Å². The van der Waals surface area contributed by atoms with E-state index in [1.807, 2.05) is 6.92 Å². The minimum atomic E-state index is -1.49. The van der Waals surface area contributed by atoms with Crippen LogP contribution in [-0.4, -0.2) is 17.9 Å². The normalized spacial score (nSPS) is 27.2. The lowest BCUT2D eigenvalue weighted by atomic mass is 9.50. The average molecular weight is 440 g/mol. The van der Waals surface area contributed by atoms with Gasteiger partial charge in [-0.3, -0.25) is 9.59 Å². The number of nitriles is 1. The highest BCUT2D eigenvalue weighted by molar-refractivity contribution is 6.31. The summed E-state index contributed by atoms with van der Waals surface area (Å²) in [6, 6.07) is 13.5. The first-order chi connectivity index (χ1) is 14.3. The first-order valence-electron chi connectivity index (χ1n) is 9.56. The summed E-state index contributed by atoms with van der Waals surface area (Å²) in [4.78, 5) is 26.6. The van der Waals surface area contributed by atoms with Crippen molar-refractivity contribution in [1.82, 2.24) is 5.32 Å². The summed E-state index contributed by atoms with van der Waals surface area (Å²) in [5, 5.41) is 17.3. The SMILES string of the molecule is C=C(CC)[C@H]1NC(=O)C[C@@](C#N)(c2cccc(Cl)c2)[C@]12C(=O)Nc1cc(Cl)ccc12. The maximum absolute atomic E-state index is 13.8. The van der Waals surface area contributed by atoms with E-state index < -0.39 is 16.9 Å². The van der Waals surface area contributed by atoms with Crippen molar-refractivity contribution >= 4 is 40.7 Å². The number of fused-ring (bicyclic) bond motifs is 2. The Morgan fingerprint density at radius 1 is 1.23 bits per heavy atom. The van der Waals surface area contributed by atoms with E-state index in [0.717, 1.165) is 0 Å². The van der Waals surface area contributed by atoms with Gasteiger partial charge in [0.15, 0.2) is 0 Å². The van der Waals surface area contributed by atoms with Crippen molar-refractivity contribution in [2.45, 2.75) is 36.6 Å². The Bertz CT molecular complexity index is 1140. The summed E-state index contributed by atoms with van der Waals surface area (Å²) >= 11 is 12.4. The molecule has 5 nitrogen and oxygen atoms in total. The largest absolute Gasteiger partial charge is 0.348 e. The van der Waals surface area contributed by atoms with E-state index in [4.69, 9.17) is 23.2 Å². The van der Waals surface area contributed by atoms with Gasteiger partial charge in [-0.25, -0.2) is 0 Å². The van der Waals surface area contributed by atoms with Gasteiger partial charge in [-0.1, -0.05) is 60.5 Å². The van der Waals surface area contributed by atoms with E-state index >= 15 is 0 Å². The first-order valence-corrected chi connectivity index (χ1v) is 10.3. The predicted molar refractivity (Wildman–Crippen MR) is 116 cm³/mol. The Kier molecular flexibility index (Phi) is 4.88. The number of piperidine rings is 1. The Labute approximate surface area is 184 Å². The maximum atomic E-state index is 13.8. The first kappa shape index (κ1) is 20.5. The fourth-order valence-corrected chi connectivity index (χ4v) is 5.21. The fraction of sp³-hybridized carbons (Fsp3) is 0.261. The Hall–Kier alpha value is -2.81. The van der Waals surface area contributed by atoms with E-state index in [0.29, 0.717) is 38.9 Å². The van der Waals surface area contributed by atoms with Crippen molar-refractivity contribution in [3.63, 3.8) is 0 Å². The van der Waals surface area contributed by atoms with Gasteiger partial charge in [0.05, 0.1) is 18.5 Å². The molecule has 1 saturated heterocycles. The highest BCUT2D eigenvalue weighted by Gasteiger charge is 2.69. The molecule has 2 heterocycles. The molecular formula is C23H19Cl2N3O2. The van der Waals surface area contributed by atoms with E-state index in [2.05, 4.69) is 23.3 Å². The van der Waals surface area contributed by atoms with E-state index in [-0.39, 0.29) is 18.2 Å². The molecule has 7 heteroatoms. The fourth-order valence-electron chi connectivity index (χ4n) is 4.85. The molecule has 3 atom stereocenters. The Morgan fingerprint density at radius 3 is 2.63 bits per heavy atom. The van der Waals surface area contributed by atoms with Gasteiger partial charge in [-0.2, -0.15) is 5.26 Å². The highest BCUT2D eigenvalue weighted by atomic mass is 35.5. The van der Waals surface area contributed by atoms with Gasteiger partial charge in [0.25, 0.3) is 0 Å². The van der Waals surface area contributed by atoms with Gasteiger partial charge in [0, 0.05) is 15.7 Å². The Balaban J connectivity index is 2.13. The second-order valence-electron chi connectivity index (χ2n) is 7.67. The van der Waals surface area contributed by atoms with Crippen LogP contribution in [0.15, 0.2) is 54.6 Å². The molecule has 0 aromatic heterocycles. The van der Waals surface area contributed by atoms with E-state index in [9.17, 15) is 14.9 Å². The number of benzene rings is 2. The molecule has 2 aromatic carbocycles. The zero-order valence-electron chi connectivity index (χ0n) is 16.3. The van der Waals surface area contributed by atoms with Crippen LogP contribution in [0.3, 0.4) is 0 Å². The van der Waals surface area contributed by atoms with Gasteiger partial charge in [-0.15, -0.1) is 0 Å². The number of rotatable bonds is 3. The van der Waals surface area contributed by atoms with Gasteiger partial charge in [0.1, 0.15) is 10.8 Å². The number of halogens is 2. The molecule has 2 amide bonds. The molecule has 2 N–H and O–H groups in total. The molecule has 0 bridgehead atoms. The van der Waals surface area contributed by atoms with Crippen molar-refractivity contribution in [2.75, 3.05) is 5.32 Å². The standard InChI is InChI=1S/C23H19Cl2N3O2/c1-3-13(2)20-23(17-8-7-16(25)10-18(17)27-21(23)30)22(12-26,11-19(29)28-20)14-5-4-6-15(24)9-14/h4-10,20H,2-3,11H2,1H3,(H,27,30)(H,28,29)/t20-,22-,23+/m1/s1. The number of hydrogen-bond donors (Lipinski definition) is 2. The van der Waals surface area contributed by atoms with E-state index in [1.165, 1.54) is 0 Å². The molecule has 152 valence electrons. The number of carbonyl (C=O) groups excluding carboxylic acids is 2. The lowest BCUT2D eigenvalue weighted by Gasteiger charge is -2.51. The van der Waals surface area contributed by atoms with E-state index in [1.54, 1.807) is 42.5 Å². The molecule has 0 unspecified atom stereocenters. The van der Waals surface area contributed by atoms with Crippen molar-refractivity contribution in [2.24, 2.45) is 0 Å². The summed E-state index contributed by atoms with van der Waals surface area (Å²) in [6.07, 6.45) is 0.340. The van der Waals surface area contributed by atoms with Crippen LogP contribution >= 0.6 is 23.2 Å². The molecule has 1 fully saturated rings. The number of carbonyl (C=O) groups is 2. The van der Waals surface area contributed by atoms with Crippen LogP contribution in [0.4, 0.5) is 5.69 Å². The molecule has 0 aliphatic carbocycles. The third kappa shape index (κ3) is 2.61. The summed E-state index contributed by atoms with van der Waals surface area (Å²) in [7, 11) is 0. The highest BCUT2D eigenvalue weighted by Crippen LogP contribution is 2.57. The Morgan fingerprint density at radius 2 is 1.97 bits per heavy atom. The van der Waals surface area contributed by atoms with Gasteiger partial charge >= 0.3 is 0 Å². The van der Waals surface area contributed by atoms with Crippen LogP contribution in [0.2, 0.25) is 10.0 Å². The van der Waals surface area contributed by atoms with Gasteiger partial charge in [0.2, 0.25) is 11.8 Å². The molecule has 30 heavy (non-hydrogen) atoms. The average Bonchev–Trinajstić information content (AvgIpc) is 3.00. The molecule has 4 rings (SSSR count). The van der Waals surface area contributed by atoms with Crippen molar-refractivity contribution in [3.8, 4) is 6.07 Å². The zero-order valence-corrected chi connectivity index (χ0v) is 17.8. The van der Waals surface area contributed by atoms with Crippen LogP contribution in [0.25, 0.3) is 0 Å². The predicted octanol–water partition coefficient (Wildman–Crippen LogP) is 4.50. The van der Waals surface area contributed by atoms with Crippen LogP contribution in [0.1, 0.15) is 30.9 Å². The van der Waals surface area contributed by atoms with Crippen LogP contribution in [0.5, 0.6) is 0 Å². The van der Waals surface area contributed by atoms with Crippen LogP contribution in [0, 0.1) is 11.3 Å². The number of amides is 2. The summed E-state index contributed by atoms with van der Waals surface area (Å²) in [6.45, 7) is 6.03. The quantitative estimate of drug-likeness (QED) is 0.690. The smallest absolute Gasteiger partial charge is 0.239 e. The van der Waals surface area contributed by atoms with Crippen LogP contribution in [-0.2, 0) is 20.4 Å². The van der Waals surface area contributed by atoms with Gasteiger partial charge in [-0.05, 0) is 41.8 Å².